The highest BCUT2D eigenvalue weighted by Crippen LogP contribution is 2.15. The number of unbranched alkanes of at least 4 members (excludes halogenated alkanes) is 5. The van der Waals surface area contributed by atoms with Crippen molar-refractivity contribution in [3.05, 3.63) is 48.0 Å². The van der Waals surface area contributed by atoms with Gasteiger partial charge in [-0.3, -0.25) is 4.79 Å². The quantitative estimate of drug-likeness (QED) is 0.571. The van der Waals surface area contributed by atoms with Gasteiger partial charge in [0.25, 0.3) is 0 Å². The number of hydrogen-bond acceptors (Lipinski definition) is 3. The highest BCUT2D eigenvalue weighted by Gasteiger charge is 2.08. The number of para-hydroxylation sites is 1. The van der Waals surface area contributed by atoms with Gasteiger partial charge in [0.1, 0.15) is 0 Å². The molecule has 2 aromatic rings. The summed E-state index contributed by atoms with van der Waals surface area (Å²) in [6.07, 6.45) is 8.85. The van der Waals surface area contributed by atoms with Crippen LogP contribution in [0.3, 0.4) is 0 Å². The predicted molar refractivity (Wildman–Crippen MR) is 108 cm³/mol. The number of nitrogens with zero attached hydrogens (tertiary/aromatic N) is 3. The molecule has 1 amide bonds. The highest BCUT2D eigenvalue weighted by atomic mass is 16.5. The van der Waals surface area contributed by atoms with E-state index in [4.69, 9.17) is 4.74 Å². The Labute approximate surface area is 162 Å². The minimum atomic E-state index is -0.156. The zero-order valence-corrected chi connectivity index (χ0v) is 16.7. The molecule has 0 saturated carbocycles. The van der Waals surface area contributed by atoms with Gasteiger partial charge < -0.3 is 4.74 Å². The van der Waals surface area contributed by atoms with Crippen LogP contribution in [-0.4, -0.2) is 22.3 Å². The van der Waals surface area contributed by atoms with Crippen LogP contribution >= 0.6 is 0 Å². The summed E-state index contributed by atoms with van der Waals surface area (Å²) in [5.41, 5.74) is 0.914. The van der Waals surface area contributed by atoms with Crippen molar-refractivity contribution in [2.24, 2.45) is 10.9 Å². The first-order valence-electron chi connectivity index (χ1n) is 9.98. The van der Waals surface area contributed by atoms with Gasteiger partial charge in [-0.1, -0.05) is 71.1 Å². The topological polar surface area (TPSA) is 56.5 Å². The molecule has 0 unspecified atom stereocenters. The van der Waals surface area contributed by atoms with Gasteiger partial charge >= 0.3 is 0 Å². The minimum absolute atomic E-state index is 0.140. The number of carbonyl (C=O) groups excluding carboxylic acids is 1. The lowest BCUT2D eigenvalue weighted by Crippen LogP contribution is -2.17. The van der Waals surface area contributed by atoms with Crippen molar-refractivity contribution >= 4 is 5.91 Å². The van der Waals surface area contributed by atoms with E-state index in [1.54, 1.807) is 16.9 Å². The van der Waals surface area contributed by atoms with Crippen LogP contribution in [0, 0.1) is 5.92 Å². The molecular formula is C22H31N3O2. The van der Waals surface area contributed by atoms with Gasteiger partial charge in [0.15, 0.2) is 0 Å². The van der Waals surface area contributed by atoms with Crippen molar-refractivity contribution in [3.63, 3.8) is 0 Å². The number of rotatable bonds is 10. The molecule has 0 spiro atoms. The van der Waals surface area contributed by atoms with E-state index in [2.05, 4.69) is 17.0 Å². The summed E-state index contributed by atoms with van der Waals surface area (Å²) in [6.45, 7) is 6.52. The van der Waals surface area contributed by atoms with Gasteiger partial charge in [-0.25, -0.2) is 9.67 Å². The molecule has 5 nitrogen and oxygen atoms in total. The SMILES string of the molecule is CCCCCCCCOc1c/c(=N\C(=O)C(C)C)cnn1-c1ccccc1. The maximum atomic E-state index is 11.9. The summed E-state index contributed by atoms with van der Waals surface area (Å²) in [4.78, 5) is 16.1. The highest BCUT2D eigenvalue weighted by molar-refractivity contribution is 5.78. The monoisotopic (exact) mass is 369 g/mol. The van der Waals surface area contributed by atoms with E-state index >= 15 is 0 Å². The molecule has 2 rings (SSSR count). The van der Waals surface area contributed by atoms with Crippen molar-refractivity contribution in [1.82, 2.24) is 9.78 Å². The molecule has 0 fully saturated rings. The first kappa shape index (κ1) is 20.9. The van der Waals surface area contributed by atoms with Crippen LogP contribution in [-0.2, 0) is 4.79 Å². The predicted octanol–water partition coefficient (Wildman–Crippen LogP) is 4.69. The Morgan fingerprint density at radius 1 is 1.11 bits per heavy atom. The third-order valence-corrected chi connectivity index (χ3v) is 4.27. The summed E-state index contributed by atoms with van der Waals surface area (Å²) in [6, 6.07) is 11.6. The average Bonchev–Trinajstić information content (AvgIpc) is 2.68. The normalized spacial score (nSPS) is 11.8. The van der Waals surface area contributed by atoms with Crippen LogP contribution in [0.5, 0.6) is 5.88 Å². The number of ether oxygens (including phenoxy) is 1. The van der Waals surface area contributed by atoms with Gasteiger partial charge in [0.2, 0.25) is 11.8 Å². The van der Waals surface area contributed by atoms with E-state index in [-0.39, 0.29) is 11.8 Å². The third kappa shape index (κ3) is 7.00. The molecule has 0 aliphatic rings. The molecule has 0 radical (unpaired) electrons. The fourth-order valence-corrected chi connectivity index (χ4v) is 2.64. The average molecular weight is 370 g/mol. The van der Waals surface area contributed by atoms with Crippen LogP contribution in [0.2, 0.25) is 0 Å². The van der Waals surface area contributed by atoms with Crippen molar-refractivity contribution in [2.45, 2.75) is 59.3 Å². The summed E-state index contributed by atoms with van der Waals surface area (Å²) < 4.78 is 7.76. The summed E-state index contributed by atoms with van der Waals surface area (Å²) in [7, 11) is 0. The lowest BCUT2D eigenvalue weighted by molar-refractivity contribution is -0.120. The van der Waals surface area contributed by atoms with Crippen LogP contribution in [0.25, 0.3) is 5.69 Å². The summed E-state index contributed by atoms with van der Waals surface area (Å²) >= 11 is 0. The van der Waals surface area contributed by atoms with E-state index in [9.17, 15) is 4.79 Å². The van der Waals surface area contributed by atoms with Crippen molar-refractivity contribution in [1.29, 1.82) is 0 Å². The number of hydrogen-bond donors (Lipinski definition) is 0. The van der Waals surface area contributed by atoms with E-state index in [0.29, 0.717) is 17.8 Å². The largest absolute Gasteiger partial charge is 0.478 e. The number of amides is 1. The first-order valence-corrected chi connectivity index (χ1v) is 9.98. The Kier molecular flexibility index (Phi) is 8.75. The lowest BCUT2D eigenvalue weighted by atomic mass is 10.1. The lowest BCUT2D eigenvalue weighted by Gasteiger charge is -2.13. The molecule has 0 aliphatic heterocycles. The third-order valence-electron chi connectivity index (χ3n) is 4.27. The second-order valence-electron chi connectivity index (χ2n) is 7.02. The molecule has 1 heterocycles. The number of benzene rings is 1. The molecule has 0 aliphatic carbocycles. The summed E-state index contributed by atoms with van der Waals surface area (Å²) in [5.74, 6) is 0.308. The van der Waals surface area contributed by atoms with Crippen molar-refractivity contribution in [2.75, 3.05) is 6.61 Å². The maximum absolute atomic E-state index is 11.9. The second kappa shape index (κ2) is 11.3. The smallest absolute Gasteiger partial charge is 0.248 e. The molecule has 0 atom stereocenters. The van der Waals surface area contributed by atoms with Gasteiger partial charge in [-0.05, 0) is 18.6 Å². The van der Waals surface area contributed by atoms with Crippen molar-refractivity contribution in [3.8, 4) is 11.6 Å². The van der Waals surface area contributed by atoms with E-state index < -0.39 is 0 Å². The number of aromatic nitrogens is 2. The molecule has 0 bridgehead atoms. The molecule has 1 aromatic carbocycles. The summed E-state index contributed by atoms with van der Waals surface area (Å²) in [5, 5.41) is 4.97. The van der Waals surface area contributed by atoms with Gasteiger partial charge in [0.05, 0.1) is 23.8 Å². The van der Waals surface area contributed by atoms with E-state index in [1.807, 2.05) is 44.2 Å². The zero-order chi connectivity index (χ0) is 19.5. The molecule has 0 N–H and O–H groups in total. The molecule has 146 valence electrons. The standard InChI is InChI=1S/C22H31N3O2/c1-4-5-6-7-8-12-15-27-21-16-19(24-22(26)18(2)3)17-23-25(21)20-13-10-9-11-14-20/h9-11,13-14,16-18H,4-8,12,15H2,1-3H3/b24-19+. The number of carbonyl (C=O) groups is 1. The van der Waals surface area contributed by atoms with Crippen LogP contribution in [0.1, 0.15) is 59.3 Å². The van der Waals surface area contributed by atoms with E-state index in [1.165, 1.54) is 25.7 Å². The molecule has 5 heteroatoms. The van der Waals surface area contributed by atoms with Crippen molar-refractivity contribution < 1.29 is 9.53 Å². The Morgan fingerprint density at radius 2 is 1.81 bits per heavy atom. The minimum Gasteiger partial charge on any atom is -0.478 e. The van der Waals surface area contributed by atoms with Gasteiger partial charge in [0, 0.05) is 12.0 Å². The molecule has 1 aromatic heterocycles. The Morgan fingerprint density at radius 3 is 2.52 bits per heavy atom. The van der Waals surface area contributed by atoms with Crippen LogP contribution < -0.4 is 10.1 Å². The molecular weight excluding hydrogens is 338 g/mol. The Balaban J connectivity index is 2.13. The molecule has 0 saturated heterocycles. The first-order chi connectivity index (χ1) is 13.1. The fourth-order valence-electron chi connectivity index (χ4n) is 2.64. The van der Waals surface area contributed by atoms with Gasteiger partial charge in [-0.15, -0.1) is 0 Å². The second-order valence-corrected chi connectivity index (χ2v) is 7.02. The van der Waals surface area contributed by atoms with Crippen LogP contribution in [0.15, 0.2) is 47.6 Å². The maximum Gasteiger partial charge on any atom is 0.248 e. The zero-order valence-electron chi connectivity index (χ0n) is 16.7. The van der Waals surface area contributed by atoms with E-state index in [0.717, 1.165) is 18.5 Å². The Hall–Kier alpha value is -2.43. The van der Waals surface area contributed by atoms with Gasteiger partial charge in [-0.2, -0.15) is 5.10 Å². The fraction of sp³-hybridized carbons (Fsp3) is 0.500. The Bertz CT molecular complexity index is 767. The molecule has 27 heavy (non-hydrogen) atoms. The van der Waals surface area contributed by atoms with Crippen LogP contribution in [0.4, 0.5) is 0 Å².